The molecule has 1 N–H and O–H groups in total. The zero-order valence-corrected chi connectivity index (χ0v) is 13.1. The summed E-state index contributed by atoms with van der Waals surface area (Å²) in [5, 5.41) is 3.75. The normalized spacial score (nSPS) is 10.3. The van der Waals surface area contributed by atoms with Crippen molar-refractivity contribution in [3.8, 4) is 11.5 Å². The van der Waals surface area contributed by atoms with E-state index in [4.69, 9.17) is 32.7 Å². The molecule has 0 aliphatic rings. The quantitative estimate of drug-likeness (QED) is 0.857. The van der Waals surface area contributed by atoms with Gasteiger partial charge in [0.2, 0.25) is 0 Å². The molecule has 0 amide bonds. The van der Waals surface area contributed by atoms with E-state index in [2.05, 4.69) is 5.32 Å². The maximum atomic E-state index is 13.1. The van der Waals surface area contributed by atoms with E-state index in [0.29, 0.717) is 28.8 Å². The summed E-state index contributed by atoms with van der Waals surface area (Å²) in [5.74, 6) is 0.700. The van der Waals surface area contributed by atoms with Gasteiger partial charge in [0, 0.05) is 28.9 Å². The van der Waals surface area contributed by atoms with Gasteiger partial charge in [-0.3, -0.25) is 0 Å². The van der Waals surface area contributed by atoms with Crippen molar-refractivity contribution in [2.45, 2.75) is 6.54 Å². The van der Waals surface area contributed by atoms with E-state index in [1.165, 1.54) is 12.1 Å². The molecule has 2 aromatic rings. The Labute approximate surface area is 132 Å². The Morgan fingerprint density at radius 1 is 1.10 bits per heavy atom. The maximum Gasteiger partial charge on any atom is 0.165 e. The highest BCUT2D eigenvalue weighted by Crippen LogP contribution is 2.35. The molecule has 0 saturated heterocycles. The Bertz CT molecular complexity index is 650. The monoisotopic (exact) mass is 329 g/mol. The van der Waals surface area contributed by atoms with E-state index in [1.54, 1.807) is 32.4 Å². The molecule has 2 rings (SSSR count). The maximum absolute atomic E-state index is 13.1. The molecule has 0 aliphatic carbocycles. The van der Waals surface area contributed by atoms with Gasteiger partial charge in [-0.15, -0.1) is 0 Å². The van der Waals surface area contributed by atoms with Crippen LogP contribution in [0.3, 0.4) is 0 Å². The highest BCUT2D eigenvalue weighted by molar-refractivity contribution is 6.31. The molecule has 0 spiro atoms. The van der Waals surface area contributed by atoms with Crippen molar-refractivity contribution in [2.24, 2.45) is 0 Å². The van der Waals surface area contributed by atoms with Crippen molar-refractivity contribution in [2.75, 3.05) is 19.5 Å². The number of halogens is 3. The average Bonchev–Trinajstić information content (AvgIpc) is 2.47. The number of rotatable bonds is 5. The molecular weight excluding hydrogens is 316 g/mol. The van der Waals surface area contributed by atoms with Crippen molar-refractivity contribution in [1.29, 1.82) is 0 Å². The van der Waals surface area contributed by atoms with Gasteiger partial charge >= 0.3 is 0 Å². The third kappa shape index (κ3) is 3.71. The lowest BCUT2D eigenvalue weighted by atomic mass is 10.1. The topological polar surface area (TPSA) is 30.5 Å². The van der Waals surface area contributed by atoms with Gasteiger partial charge in [-0.1, -0.05) is 23.2 Å². The Kier molecular flexibility index (Phi) is 5.15. The molecule has 0 aliphatic heterocycles. The highest BCUT2D eigenvalue weighted by Gasteiger charge is 2.12. The summed E-state index contributed by atoms with van der Waals surface area (Å²) < 4.78 is 23.7. The minimum Gasteiger partial charge on any atom is -0.493 e. The number of ether oxygens (including phenoxy) is 2. The number of methoxy groups -OCH3 is 2. The molecule has 112 valence electrons. The summed E-state index contributed by atoms with van der Waals surface area (Å²) >= 11 is 11.8. The van der Waals surface area contributed by atoms with E-state index in [9.17, 15) is 4.39 Å². The molecule has 0 bridgehead atoms. The fourth-order valence-corrected chi connectivity index (χ4v) is 2.35. The molecular formula is C15H14Cl2FNO2. The number of hydrogen-bond donors (Lipinski definition) is 1. The Morgan fingerprint density at radius 3 is 2.48 bits per heavy atom. The minimum atomic E-state index is -0.454. The van der Waals surface area contributed by atoms with Crippen LogP contribution in [0, 0.1) is 5.82 Å². The van der Waals surface area contributed by atoms with Gasteiger partial charge in [0.1, 0.15) is 5.82 Å². The standard InChI is InChI=1S/C15H14Cl2FNO2/c1-20-14-6-10(16)5-9(15(14)21-2)8-19-11-3-4-13(18)12(17)7-11/h3-7,19H,8H2,1-2H3. The van der Waals surface area contributed by atoms with Crippen molar-refractivity contribution < 1.29 is 13.9 Å². The van der Waals surface area contributed by atoms with Gasteiger partial charge < -0.3 is 14.8 Å². The van der Waals surface area contributed by atoms with Crippen LogP contribution in [0.1, 0.15) is 5.56 Å². The van der Waals surface area contributed by atoms with Crippen LogP contribution < -0.4 is 14.8 Å². The summed E-state index contributed by atoms with van der Waals surface area (Å²) in [6.07, 6.45) is 0. The van der Waals surface area contributed by atoms with Crippen molar-refractivity contribution in [1.82, 2.24) is 0 Å². The third-order valence-electron chi connectivity index (χ3n) is 2.92. The fraction of sp³-hybridized carbons (Fsp3) is 0.200. The molecule has 3 nitrogen and oxygen atoms in total. The lowest BCUT2D eigenvalue weighted by Gasteiger charge is -2.14. The Hall–Kier alpha value is -1.65. The lowest BCUT2D eigenvalue weighted by Crippen LogP contribution is -2.03. The number of nitrogens with one attached hydrogen (secondary N) is 1. The van der Waals surface area contributed by atoms with Crippen molar-refractivity contribution in [3.63, 3.8) is 0 Å². The predicted octanol–water partition coefficient (Wildman–Crippen LogP) is 4.76. The van der Waals surface area contributed by atoms with E-state index in [-0.39, 0.29) is 5.02 Å². The Balaban J connectivity index is 2.22. The first-order valence-electron chi connectivity index (χ1n) is 6.14. The van der Waals surface area contributed by atoms with Crippen LogP contribution in [0.2, 0.25) is 10.0 Å². The molecule has 0 unspecified atom stereocenters. The van der Waals surface area contributed by atoms with E-state index in [1.807, 2.05) is 0 Å². The second-order valence-corrected chi connectivity index (χ2v) is 5.13. The molecule has 0 fully saturated rings. The first kappa shape index (κ1) is 15.7. The van der Waals surface area contributed by atoms with Crippen molar-refractivity contribution in [3.05, 3.63) is 51.8 Å². The summed E-state index contributed by atoms with van der Waals surface area (Å²) in [6, 6.07) is 7.89. The van der Waals surface area contributed by atoms with Gasteiger partial charge in [0.05, 0.1) is 19.2 Å². The average molecular weight is 330 g/mol. The second-order valence-electron chi connectivity index (χ2n) is 4.28. The largest absolute Gasteiger partial charge is 0.493 e. The highest BCUT2D eigenvalue weighted by atomic mass is 35.5. The van der Waals surface area contributed by atoms with Crippen LogP contribution in [0.5, 0.6) is 11.5 Å². The molecule has 0 heterocycles. The predicted molar refractivity (Wildman–Crippen MR) is 83.3 cm³/mol. The third-order valence-corrected chi connectivity index (χ3v) is 3.43. The molecule has 0 saturated carbocycles. The van der Waals surface area contributed by atoms with Gasteiger partial charge in [-0.2, -0.15) is 0 Å². The summed E-state index contributed by atoms with van der Waals surface area (Å²) in [6.45, 7) is 0.433. The smallest absolute Gasteiger partial charge is 0.165 e. The Morgan fingerprint density at radius 2 is 1.86 bits per heavy atom. The minimum absolute atomic E-state index is 0.0654. The number of benzene rings is 2. The molecule has 0 atom stereocenters. The van der Waals surface area contributed by atoms with Crippen LogP contribution in [-0.4, -0.2) is 14.2 Å². The van der Waals surface area contributed by atoms with E-state index < -0.39 is 5.82 Å². The van der Waals surface area contributed by atoms with Gasteiger partial charge in [0.25, 0.3) is 0 Å². The van der Waals surface area contributed by atoms with Crippen molar-refractivity contribution >= 4 is 28.9 Å². The number of anilines is 1. The zero-order valence-electron chi connectivity index (χ0n) is 11.5. The molecule has 0 aromatic heterocycles. The zero-order chi connectivity index (χ0) is 15.4. The number of hydrogen-bond acceptors (Lipinski definition) is 3. The lowest BCUT2D eigenvalue weighted by molar-refractivity contribution is 0.352. The molecule has 21 heavy (non-hydrogen) atoms. The van der Waals surface area contributed by atoms with Crippen LogP contribution in [0.4, 0.5) is 10.1 Å². The summed E-state index contributed by atoms with van der Waals surface area (Å²) in [7, 11) is 3.11. The summed E-state index contributed by atoms with van der Waals surface area (Å²) in [5.41, 5.74) is 1.52. The first-order valence-corrected chi connectivity index (χ1v) is 6.90. The van der Waals surface area contributed by atoms with Crippen LogP contribution >= 0.6 is 23.2 Å². The second kappa shape index (κ2) is 6.87. The van der Waals surface area contributed by atoms with Gasteiger partial charge in [-0.25, -0.2) is 4.39 Å². The van der Waals surface area contributed by atoms with Gasteiger partial charge in [0.15, 0.2) is 11.5 Å². The van der Waals surface area contributed by atoms with Gasteiger partial charge in [-0.05, 0) is 24.3 Å². The first-order chi connectivity index (χ1) is 10.0. The van der Waals surface area contributed by atoms with Crippen LogP contribution in [0.25, 0.3) is 0 Å². The van der Waals surface area contributed by atoms with E-state index >= 15 is 0 Å². The van der Waals surface area contributed by atoms with Crippen LogP contribution in [-0.2, 0) is 6.54 Å². The molecule has 0 radical (unpaired) electrons. The van der Waals surface area contributed by atoms with E-state index in [0.717, 1.165) is 5.56 Å². The molecule has 6 heteroatoms. The fourth-order valence-electron chi connectivity index (χ4n) is 1.94. The summed E-state index contributed by atoms with van der Waals surface area (Å²) in [4.78, 5) is 0. The van der Waals surface area contributed by atoms with Crippen LogP contribution in [0.15, 0.2) is 30.3 Å². The molecule has 2 aromatic carbocycles. The SMILES string of the molecule is COc1cc(Cl)cc(CNc2ccc(F)c(Cl)c2)c1OC.